The van der Waals surface area contributed by atoms with E-state index < -0.39 is 0 Å². The Kier molecular flexibility index (Phi) is 3.98. The summed E-state index contributed by atoms with van der Waals surface area (Å²) in [5, 5.41) is 2.74. The van der Waals surface area contributed by atoms with Crippen LogP contribution in [-0.2, 0) is 22.7 Å². The summed E-state index contributed by atoms with van der Waals surface area (Å²) >= 11 is 0. The molecule has 0 bridgehead atoms. The number of fused-ring (bicyclic) bond motifs is 1. The van der Waals surface area contributed by atoms with Crippen molar-refractivity contribution in [2.75, 3.05) is 26.1 Å². The first-order valence-electron chi connectivity index (χ1n) is 7.26. The number of amides is 1. The fraction of sp³-hybridized carbons (Fsp3) is 0.533. The second-order valence-electron chi connectivity index (χ2n) is 5.52. The highest BCUT2D eigenvalue weighted by Crippen LogP contribution is 2.33. The van der Waals surface area contributed by atoms with Crippen LogP contribution in [0.15, 0.2) is 12.1 Å². The first kappa shape index (κ1) is 14.2. The lowest BCUT2D eigenvalue weighted by atomic mass is 10.1. The zero-order valence-corrected chi connectivity index (χ0v) is 12.2. The second kappa shape index (κ2) is 5.91. The smallest absolute Gasteiger partial charge is 0.237 e. The standard InChI is InChI=1S/C15H21N3O3/c1-17-15(19)13-3-2-4-18(13)7-10-5-12(16)6-11-8-20-9-21-14(10)11/h5-6,13H,2-4,7-9,16H2,1H3,(H,17,19). The third-order valence-corrected chi connectivity index (χ3v) is 4.10. The van der Waals surface area contributed by atoms with Crippen LogP contribution < -0.4 is 15.8 Å². The molecule has 0 radical (unpaired) electrons. The summed E-state index contributed by atoms with van der Waals surface area (Å²) in [5.74, 6) is 0.938. The number of nitrogens with zero attached hydrogens (tertiary/aromatic N) is 1. The summed E-state index contributed by atoms with van der Waals surface area (Å²) in [7, 11) is 1.68. The second-order valence-corrected chi connectivity index (χ2v) is 5.52. The number of likely N-dealkylation sites (tertiary alicyclic amines) is 1. The molecule has 0 saturated carbocycles. The molecule has 3 rings (SSSR count). The van der Waals surface area contributed by atoms with E-state index in [4.69, 9.17) is 15.2 Å². The predicted molar refractivity (Wildman–Crippen MR) is 78.6 cm³/mol. The van der Waals surface area contributed by atoms with E-state index >= 15 is 0 Å². The van der Waals surface area contributed by atoms with Crippen molar-refractivity contribution in [3.05, 3.63) is 23.3 Å². The molecule has 2 aliphatic rings. The maximum Gasteiger partial charge on any atom is 0.237 e. The normalized spacial score (nSPS) is 21.7. The number of nitrogens with two attached hydrogens (primary N) is 1. The number of nitrogen functional groups attached to an aromatic ring is 1. The van der Waals surface area contributed by atoms with E-state index in [1.54, 1.807) is 7.05 Å². The number of carbonyl (C=O) groups excluding carboxylic acids is 1. The molecule has 3 N–H and O–H groups in total. The summed E-state index contributed by atoms with van der Waals surface area (Å²) in [6.07, 6.45) is 1.93. The number of carbonyl (C=O) groups is 1. The highest BCUT2D eigenvalue weighted by molar-refractivity contribution is 5.81. The Morgan fingerprint density at radius 1 is 1.52 bits per heavy atom. The number of nitrogens with one attached hydrogen (secondary N) is 1. The zero-order chi connectivity index (χ0) is 14.8. The minimum Gasteiger partial charge on any atom is -0.467 e. The Morgan fingerprint density at radius 3 is 3.19 bits per heavy atom. The van der Waals surface area contributed by atoms with Gasteiger partial charge in [-0.3, -0.25) is 9.69 Å². The monoisotopic (exact) mass is 291 g/mol. The fourth-order valence-corrected chi connectivity index (χ4v) is 3.14. The van der Waals surface area contributed by atoms with Crippen LogP contribution in [-0.4, -0.2) is 37.2 Å². The van der Waals surface area contributed by atoms with Gasteiger partial charge in [0.15, 0.2) is 6.79 Å². The molecule has 1 atom stereocenters. The third kappa shape index (κ3) is 2.82. The van der Waals surface area contributed by atoms with E-state index in [9.17, 15) is 4.79 Å². The number of hydrogen-bond donors (Lipinski definition) is 2. The molecule has 21 heavy (non-hydrogen) atoms. The van der Waals surface area contributed by atoms with E-state index in [0.717, 1.165) is 36.3 Å². The molecule has 0 spiro atoms. The molecule has 1 amide bonds. The van der Waals surface area contributed by atoms with E-state index in [-0.39, 0.29) is 18.7 Å². The Balaban J connectivity index is 1.84. The molecule has 6 heteroatoms. The first-order chi connectivity index (χ1) is 10.2. The van der Waals surface area contributed by atoms with Gasteiger partial charge in [0.25, 0.3) is 0 Å². The van der Waals surface area contributed by atoms with Crippen molar-refractivity contribution in [2.45, 2.75) is 32.0 Å². The molecule has 114 valence electrons. The van der Waals surface area contributed by atoms with Gasteiger partial charge in [-0.15, -0.1) is 0 Å². The molecule has 6 nitrogen and oxygen atoms in total. The number of likely N-dealkylation sites (N-methyl/N-ethyl adjacent to an activating group) is 1. The van der Waals surface area contributed by atoms with Crippen molar-refractivity contribution in [1.82, 2.24) is 10.2 Å². The molecule has 0 aromatic heterocycles. The molecule has 1 aromatic carbocycles. The molecule has 0 aliphatic carbocycles. The highest BCUT2D eigenvalue weighted by atomic mass is 16.7. The zero-order valence-electron chi connectivity index (χ0n) is 12.2. The van der Waals surface area contributed by atoms with E-state index in [1.165, 1.54) is 0 Å². The average molecular weight is 291 g/mol. The fourth-order valence-electron chi connectivity index (χ4n) is 3.14. The van der Waals surface area contributed by atoms with Crippen molar-refractivity contribution in [3.63, 3.8) is 0 Å². The molecule has 2 heterocycles. The largest absolute Gasteiger partial charge is 0.467 e. The Labute approximate surface area is 124 Å². The summed E-state index contributed by atoms with van der Waals surface area (Å²) in [6.45, 7) is 2.37. The van der Waals surface area contributed by atoms with E-state index in [1.807, 2.05) is 12.1 Å². The van der Waals surface area contributed by atoms with Gasteiger partial charge >= 0.3 is 0 Å². The molecule has 1 saturated heterocycles. The molecule has 1 unspecified atom stereocenters. The van der Waals surface area contributed by atoms with E-state index in [0.29, 0.717) is 18.8 Å². The van der Waals surface area contributed by atoms with Crippen molar-refractivity contribution in [3.8, 4) is 5.75 Å². The maximum absolute atomic E-state index is 11.9. The lowest BCUT2D eigenvalue weighted by molar-refractivity contribution is -0.125. The van der Waals surface area contributed by atoms with Gasteiger partial charge in [-0.25, -0.2) is 0 Å². The summed E-state index contributed by atoms with van der Waals surface area (Å²) < 4.78 is 10.9. The van der Waals surface area contributed by atoms with Crippen LogP contribution in [0.2, 0.25) is 0 Å². The number of hydrogen-bond acceptors (Lipinski definition) is 5. The Morgan fingerprint density at radius 2 is 2.38 bits per heavy atom. The Bertz CT molecular complexity index is 547. The van der Waals surface area contributed by atoms with Gasteiger partial charge in [0, 0.05) is 30.4 Å². The van der Waals surface area contributed by atoms with Gasteiger partial charge in [0.05, 0.1) is 12.6 Å². The van der Waals surface area contributed by atoms with Gasteiger partial charge in [-0.1, -0.05) is 0 Å². The van der Waals surface area contributed by atoms with Crippen LogP contribution in [0, 0.1) is 0 Å². The topological polar surface area (TPSA) is 76.8 Å². The Hall–Kier alpha value is -1.79. The minimum absolute atomic E-state index is 0.0630. The molecule has 2 aliphatic heterocycles. The van der Waals surface area contributed by atoms with Crippen molar-refractivity contribution >= 4 is 11.6 Å². The maximum atomic E-state index is 11.9. The number of ether oxygens (including phenoxy) is 2. The lowest BCUT2D eigenvalue weighted by Crippen LogP contribution is -2.41. The van der Waals surface area contributed by atoms with Crippen LogP contribution in [0.1, 0.15) is 24.0 Å². The lowest BCUT2D eigenvalue weighted by Gasteiger charge is -2.26. The van der Waals surface area contributed by atoms with Crippen molar-refractivity contribution in [1.29, 1.82) is 0 Å². The minimum atomic E-state index is -0.0630. The van der Waals surface area contributed by atoms with E-state index in [2.05, 4.69) is 10.2 Å². The number of benzene rings is 1. The molecule has 1 fully saturated rings. The third-order valence-electron chi connectivity index (χ3n) is 4.10. The molecular weight excluding hydrogens is 270 g/mol. The quantitative estimate of drug-likeness (QED) is 0.807. The molecular formula is C15H21N3O3. The van der Waals surface area contributed by atoms with Crippen LogP contribution in [0.3, 0.4) is 0 Å². The number of rotatable bonds is 3. The first-order valence-corrected chi connectivity index (χ1v) is 7.26. The summed E-state index contributed by atoms with van der Waals surface area (Å²) in [4.78, 5) is 14.1. The van der Waals surface area contributed by atoms with Crippen molar-refractivity contribution in [2.24, 2.45) is 0 Å². The van der Waals surface area contributed by atoms with Crippen LogP contribution in [0.5, 0.6) is 5.75 Å². The van der Waals surface area contributed by atoms with Gasteiger partial charge in [0.1, 0.15) is 5.75 Å². The summed E-state index contributed by atoms with van der Waals surface area (Å²) in [6, 6.07) is 3.76. The van der Waals surface area contributed by atoms with Crippen LogP contribution in [0.25, 0.3) is 0 Å². The SMILES string of the molecule is CNC(=O)C1CCCN1Cc1cc(N)cc2c1OCOC2. The highest BCUT2D eigenvalue weighted by Gasteiger charge is 2.31. The van der Waals surface area contributed by atoms with Crippen LogP contribution in [0.4, 0.5) is 5.69 Å². The van der Waals surface area contributed by atoms with Gasteiger partial charge in [0.2, 0.25) is 5.91 Å². The van der Waals surface area contributed by atoms with Gasteiger partial charge < -0.3 is 20.5 Å². The average Bonchev–Trinajstić information content (AvgIpc) is 2.94. The van der Waals surface area contributed by atoms with Crippen LogP contribution >= 0.6 is 0 Å². The van der Waals surface area contributed by atoms with Gasteiger partial charge in [-0.05, 0) is 31.5 Å². The molecule has 1 aromatic rings. The van der Waals surface area contributed by atoms with Crippen molar-refractivity contribution < 1.29 is 14.3 Å². The number of anilines is 1. The van der Waals surface area contributed by atoms with Gasteiger partial charge in [-0.2, -0.15) is 0 Å². The predicted octanol–water partition coefficient (Wildman–Crippen LogP) is 0.846. The summed E-state index contributed by atoms with van der Waals surface area (Å²) in [5.41, 5.74) is 8.68.